The lowest BCUT2D eigenvalue weighted by Gasteiger charge is -2.32. The lowest BCUT2D eigenvalue weighted by Crippen LogP contribution is -2.41. The Labute approximate surface area is 175 Å². The molecule has 1 atom stereocenters. The molecular weight excluding hydrogens is 378 g/mol. The first-order chi connectivity index (χ1) is 14.7. The van der Waals surface area contributed by atoms with Gasteiger partial charge in [0.15, 0.2) is 0 Å². The summed E-state index contributed by atoms with van der Waals surface area (Å²) in [6.07, 6.45) is 5.14. The number of amides is 1. The Bertz CT molecular complexity index is 1070. The van der Waals surface area contributed by atoms with Crippen molar-refractivity contribution in [3.8, 4) is 17.6 Å². The third-order valence-corrected chi connectivity index (χ3v) is 5.38. The van der Waals surface area contributed by atoms with E-state index in [-0.39, 0.29) is 11.8 Å². The third kappa shape index (κ3) is 4.18. The summed E-state index contributed by atoms with van der Waals surface area (Å²) in [5.41, 5.74) is 2.92. The average Bonchev–Trinajstić information content (AvgIpc) is 3.19. The summed E-state index contributed by atoms with van der Waals surface area (Å²) in [5, 5.41) is 13.4. The first-order valence-electron chi connectivity index (χ1n) is 10.0. The number of piperidine rings is 1. The Kier molecular flexibility index (Phi) is 5.75. The predicted octanol–water partition coefficient (Wildman–Crippen LogP) is 3.38. The number of aromatic nitrogens is 3. The molecule has 0 saturated carbocycles. The van der Waals surface area contributed by atoms with Gasteiger partial charge in [-0.05, 0) is 38.0 Å². The van der Waals surface area contributed by atoms with Gasteiger partial charge in [0, 0.05) is 31.3 Å². The van der Waals surface area contributed by atoms with E-state index in [4.69, 9.17) is 10.00 Å². The number of pyridine rings is 1. The summed E-state index contributed by atoms with van der Waals surface area (Å²) in [7, 11) is 0. The third-order valence-electron chi connectivity index (χ3n) is 5.38. The maximum Gasteiger partial charge on any atom is 0.257 e. The summed E-state index contributed by atoms with van der Waals surface area (Å²) in [5.74, 6) is 0.668. The van der Waals surface area contributed by atoms with Crippen molar-refractivity contribution in [3.63, 3.8) is 0 Å². The minimum absolute atomic E-state index is 0.00369. The monoisotopic (exact) mass is 401 g/mol. The zero-order valence-electron chi connectivity index (χ0n) is 16.9. The molecule has 3 aromatic rings. The van der Waals surface area contributed by atoms with Crippen molar-refractivity contribution < 1.29 is 9.53 Å². The van der Waals surface area contributed by atoms with Crippen LogP contribution in [0.15, 0.2) is 54.9 Å². The summed E-state index contributed by atoms with van der Waals surface area (Å²) < 4.78 is 7.59. The van der Waals surface area contributed by atoms with Crippen LogP contribution >= 0.6 is 0 Å². The number of benzene rings is 1. The molecule has 1 aliphatic heterocycles. The first kappa shape index (κ1) is 19.6. The second kappa shape index (κ2) is 8.78. The molecule has 4 rings (SSSR count). The zero-order valence-corrected chi connectivity index (χ0v) is 16.9. The number of nitriles is 1. The summed E-state index contributed by atoms with van der Waals surface area (Å²) in [4.78, 5) is 19.2. The number of ether oxygens (including phenoxy) is 1. The zero-order chi connectivity index (χ0) is 20.9. The van der Waals surface area contributed by atoms with Crippen LogP contribution in [0.5, 0.6) is 5.88 Å². The van der Waals surface area contributed by atoms with Gasteiger partial charge in [-0.1, -0.05) is 18.2 Å². The van der Waals surface area contributed by atoms with Crippen LogP contribution in [-0.4, -0.2) is 45.3 Å². The standard InChI is InChI=1S/C23H23N5O2/c1-17-21(14-26-28(17)20-7-3-2-4-8-20)23(29)27-11-5-6-19(15-27)16-30-22-12-18(13-24)9-10-25-22/h2-4,7-10,12,14,19H,5-6,11,15-16H2,1H3. The Hall–Kier alpha value is -3.66. The normalized spacial score (nSPS) is 16.1. The van der Waals surface area contributed by atoms with Crippen molar-refractivity contribution in [2.45, 2.75) is 19.8 Å². The van der Waals surface area contributed by atoms with Crippen molar-refractivity contribution >= 4 is 5.91 Å². The molecule has 1 saturated heterocycles. The van der Waals surface area contributed by atoms with Gasteiger partial charge in [-0.2, -0.15) is 10.4 Å². The Morgan fingerprint density at radius 1 is 1.30 bits per heavy atom. The fourth-order valence-corrected chi connectivity index (χ4v) is 3.77. The molecular formula is C23H23N5O2. The quantitative estimate of drug-likeness (QED) is 0.654. The lowest BCUT2D eigenvalue weighted by molar-refractivity contribution is 0.0630. The topological polar surface area (TPSA) is 84.0 Å². The molecule has 1 aromatic carbocycles. The molecule has 0 aliphatic carbocycles. The van der Waals surface area contributed by atoms with Gasteiger partial charge >= 0.3 is 0 Å². The van der Waals surface area contributed by atoms with Crippen LogP contribution < -0.4 is 4.74 Å². The molecule has 7 heteroatoms. The molecule has 0 N–H and O–H groups in total. The van der Waals surface area contributed by atoms with E-state index >= 15 is 0 Å². The second-order valence-corrected chi connectivity index (χ2v) is 7.46. The molecule has 152 valence electrons. The Morgan fingerprint density at radius 3 is 2.93 bits per heavy atom. The van der Waals surface area contributed by atoms with E-state index in [1.54, 1.807) is 29.2 Å². The van der Waals surface area contributed by atoms with Gasteiger partial charge in [0.25, 0.3) is 5.91 Å². The number of nitrogens with zero attached hydrogens (tertiary/aromatic N) is 5. The lowest BCUT2D eigenvalue weighted by atomic mass is 9.98. The van der Waals surface area contributed by atoms with E-state index in [0.29, 0.717) is 30.2 Å². The van der Waals surface area contributed by atoms with E-state index in [0.717, 1.165) is 30.8 Å². The molecule has 1 fully saturated rings. The molecule has 2 aromatic heterocycles. The van der Waals surface area contributed by atoms with Gasteiger partial charge in [0.1, 0.15) is 0 Å². The fourth-order valence-electron chi connectivity index (χ4n) is 3.77. The molecule has 1 aliphatic rings. The number of para-hydroxylation sites is 1. The maximum atomic E-state index is 13.2. The van der Waals surface area contributed by atoms with Gasteiger partial charge in [-0.15, -0.1) is 0 Å². The number of hydrogen-bond donors (Lipinski definition) is 0. The first-order valence-corrected chi connectivity index (χ1v) is 10.0. The molecule has 0 spiro atoms. The summed E-state index contributed by atoms with van der Waals surface area (Å²) >= 11 is 0. The number of carbonyl (C=O) groups is 1. The molecule has 0 bridgehead atoms. The second-order valence-electron chi connectivity index (χ2n) is 7.46. The smallest absolute Gasteiger partial charge is 0.257 e. The van der Waals surface area contributed by atoms with Crippen LogP contribution in [0.4, 0.5) is 0 Å². The van der Waals surface area contributed by atoms with Crippen LogP contribution in [0.3, 0.4) is 0 Å². The van der Waals surface area contributed by atoms with Crippen molar-refractivity contribution in [2.75, 3.05) is 19.7 Å². The molecule has 7 nitrogen and oxygen atoms in total. The average molecular weight is 401 g/mol. The van der Waals surface area contributed by atoms with Crippen molar-refractivity contribution in [2.24, 2.45) is 5.92 Å². The van der Waals surface area contributed by atoms with Gasteiger partial charge in [-0.25, -0.2) is 9.67 Å². The summed E-state index contributed by atoms with van der Waals surface area (Å²) in [6.45, 7) is 3.75. The summed E-state index contributed by atoms with van der Waals surface area (Å²) in [6, 6.07) is 15.2. The molecule has 0 radical (unpaired) electrons. The predicted molar refractivity (Wildman–Crippen MR) is 111 cm³/mol. The van der Waals surface area contributed by atoms with Crippen molar-refractivity contribution in [3.05, 3.63) is 71.7 Å². The van der Waals surface area contributed by atoms with Gasteiger partial charge < -0.3 is 9.64 Å². The van der Waals surface area contributed by atoms with Gasteiger partial charge in [-0.3, -0.25) is 4.79 Å². The van der Waals surface area contributed by atoms with Gasteiger partial charge in [0.05, 0.1) is 41.4 Å². The highest BCUT2D eigenvalue weighted by Gasteiger charge is 2.27. The Morgan fingerprint density at radius 2 is 2.13 bits per heavy atom. The van der Waals surface area contributed by atoms with E-state index in [9.17, 15) is 4.79 Å². The minimum Gasteiger partial charge on any atom is -0.477 e. The van der Waals surface area contributed by atoms with Crippen LogP contribution in [0, 0.1) is 24.2 Å². The van der Waals surface area contributed by atoms with Crippen LogP contribution in [-0.2, 0) is 0 Å². The maximum absolute atomic E-state index is 13.2. The van der Waals surface area contributed by atoms with E-state index in [1.807, 2.05) is 42.2 Å². The number of hydrogen-bond acceptors (Lipinski definition) is 5. The van der Waals surface area contributed by atoms with Crippen LogP contribution in [0.2, 0.25) is 0 Å². The van der Waals surface area contributed by atoms with Gasteiger partial charge in [0.2, 0.25) is 5.88 Å². The SMILES string of the molecule is Cc1c(C(=O)N2CCCC(COc3cc(C#N)ccn3)C2)cnn1-c1ccccc1. The minimum atomic E-state index is 0.00369. The Balaban J connectivity index is 1.41. The fraction of sp³-hybridized carbons (Fsp3) is 0.304. The molecule has 30 heavy (non-hydrogen) atoms. The molecule has 1 unspecified atom stereocenters. The highest BCUT2D eigenvalue weighted by molar-refractivity contribution is 5.95. The number of rotatable bonds is 5. The number of likely N-dealkylation sites (tertiary alicyclic amines) is 1. The highest BCUT2D eigenvalue weighted by atomic mass is 16.5. The van der Waals surface area contributed by atoms with E-state index in [2.05, 4.69) is 16.2 Å². The van der Waals surface area contributed by atoms with E-state index in [1.165, 1.54) is 0 Å². The van der Waals surface area contributed by atoms with E-state index < -0.39 is 0 Å². The van der Waals surface area contributed by atoms with Crippen molar-refractivity contribution in [1.29, 1.82) is 5.26 Å². The molecule has 1 amide bonds. The van der Waals surface area contributed by atoms with Crippen LogP contribution in [0.1, 0.15) is 34.5 Å². The highest BCUT2D eigenvalue weighted by Crippen LogP contribution is 2.22. The number of carbonyl (C=O) groups excluding carboxylic acids is 1. The molecule has 3 heterocycles. The largest absolute Gasteiger partial charge is 0.477 e. The van der Waals surface area contributed by atoms with Crippen molar-refractivity contribution in [1.82, 2.24) is 19.7 Å². The van der Waals surface area contributed by atoms with Crippen LogP contribution in [0.25, 0.3) is 5.69 Å².